The summed E-state index contributed by atoms with van der Waals surface area (Å²) in [6.07, 6.45) is 1.36. The van der Waals surface area contributed by atoms with E-state index in [-0.39, 0.29) is 12.5 Å². The van der Waals surface area contributed by atoms with Gasteiger partial charge < -0.3 is 18.6 Å². The molecule has 4 atom stereocenters. The second-order valence-electron chi connectivity index (χ2n) is 7.73. The topological polar surface area (TPSA) is 92.0 Å². The van der Waals surface area contributed by atoms with Crippen LogP contribution in [-0.4, -0.2) is 30.1 Å². The number of benzene rings is 1. The molecule has 1 aromatic heterocycles. The minimum absolute atomic E-state index is 0.257. The van der Waals surface area contributed by atoms with E-state index in [4.69, 9.17) is 18.6 Å². The Morgan fingerprint density at radius 3 is 2.66 bits per heavy atom. The number of esters is 3. The van der Waals surface area contributed by atoms with Crippen molar-refractivity contribution >= 4 is 17.9 Å². The van der Waals surface area contributed by atoms with Crippen LogP contribution in [0.3, 0.4) is 0 Å². The van der Waals surface area contributed by atoms with Crippen molar-refractivity contribution in [1.82, 2.24) is 0 Å². The van der Waals surface area contributed by atoms with Crippen molar-refractivity contribution in [2.24, 2.45) is 5.41 Å². The third-order valence-corrected chi connectivity index (χ3v) is 5.87. The first-order valence-electron chi connectivity index (χ1n) is 9.41. The molecule has 1 fully saturated rings. The molecule has 7 nitrogen and oxygen atoms in total. The summed E-state index contributed by atoms with van der Waals surface area (Å²) in [4.78, 5) is 38.3. The first-order valence-corrected chi connectivity index (χ1v) is 9.41. The van der Waals surface area contributed by atoms with Gasteiger partial charge in [-0.2, -0.15) is 0 Å². The summed E-state index contributed by atoms with van der Waals surface area (Å²) in [6, 6.07) is 10.2. The number of fused-ring (bicyclic) bond motifs is 3. The van der Waals surface area contributed by atoms with Crippen LogP contribution in [0.15, 0.2) is 64.5 Å². The standard InChI is InChI=1S/C22H18O7/c1-22-10-14(27-21(22)25)9-15-16(22)18(29-19(23)12-5-3-2-4-6-12)17(28-20(15)24)13-7-8-26-11-13/h2-8,11,14,17-18H,9-10H2,1H3/t14-,17+,18-,22-/m1/s1. The highest BCUT2D eigenvalue weighted by Crippen LogP contribution is 2.54. The Labute approximate surface area is 166 Å². The first kappa shape index (κ1) is 17.7. The van der Waals surface area contributed by atoms with Gasteiger partial charge in [0.25, 0.3) is 0 Å². The number of carbonyl (C=O) groups is 3. The number of furan rings is 1. The Morgan fingerprint density at radius 2 is 1.93 bits per heavy atom. The highest BCUT2D eigenvalue weighted by atomic mass is 16.6. The molecular formula is C22H18O7. The number of carbonyl (C=O) groups excluding carboxylic acids is 3. The molecule has 29 heavy (non-hydrogen) atoms. The third-order valence-electron chi connectivity index (χ3n) is 5.87. The maximum absolute atomic E-state index is 12.9. The van der Waals surface area contributed by atoms with Crippen LogP contribution in [0.2, 0.25) is 0 Å². The molecule has 5 rings (SSSR count). The number of hydrogen-bond acceptors (Lipinski definition) is 7. The molecule has 148 valence electrons. The van der Waals surface area contributed by atoms with E-state index in [1.807, 2.05) is 0 Å². The molecule has 0 amide bonds. The molecule has 1 aromatic carbocycles. The normalized spacial score (nSPS) is 30.4. The van der Waals surface area contributed by atoms with Gasteiger partial charge in [0.2, 0.25) is 0 Å². The second-order valence-corrected chi connectivity index (χ2v) is 7.73. The van der Waals surface area contributed by atoms with Gasteiger partial charge in [-0.25, -0.2) is 9.59 Å². The molecule has 2 aromatic rings. The van der Waals surface area contributed by atoms with Crippen molar-refractivity contribution < 1.29 is 33.0 Å². The van der Waals surface area contributed by atoms with Gasteiger partial charge in [0, 0.05) is 29.6 Å². The van der Waals surface area contributed by atoms with Crippen molar-refractivity contribution in [3.05, 3.63) is 71.2 Å². The molecule has 0 radical (unpaired) electrons. The third kappa shape index (κ3) is 2.68. The Kier molecular flexibility index (Phi) is 3.87. The fraction of sp³-hybridized carbons (Fsp3) is 0.318. The van der Waals surface area contributed by atoms with E-state index in [1.165, 1.54) is 12.5 Å². The van der Waals surface area contributed by atoms with E-state index in [1.54, 1.807) is 43.3 Å². The van der Waals surface area contributed by atoms with E-state index in [2.05, 4.69) is 0 Å². The summed E-state index contributed by atoms with van der Waals surface area (Å²) in [6.45, 7) is 1.73. The molecule has 1 aliphatic carbocycles. The predicted octanol–water partition coefficient (Wildman–Crippen LogP) is 3.13. The number of rotatable bonds is 3. The van der Waals surface area contributed by atoms with Crippen LogP contribution in [0.1, 0.15) is 41.8 Å². The van der Waals surface area contributed by atoms with Gasteiger partial charge in [0.05, 0.1) is 23.5 Å². The average Bonchev–Trinajstić information content (AvgIpc) is 3.32. The summed E-state index contributed by atoms with van der Waals surface area (Å²) in [5, 5.41) is 0. The van der Waals surface area contributed by atoms with Crippen LogP contribution in [0, 0.1) is 5.41 Å². The lowest BCUT2D eigenvalue weighted by Crippen LogP contribution is -2.45. The predicted molar refractivity (Wildman–Crippen MR) is 97.4 cm³/mol. The number of ether oxygens (including phenoxy) is 3. The highest BCUT2D eigenvalue weighted by Gasteiger charge is 2.59. The fourth-order valence-corrected chi connectivity index (χ4v) is 4.50. The zero-order chi connectivity index (χ0) is 20.2. The number of hydrogen-bond donors (Lipinski definition) is 0. The van der Waals surface area contributed by atoms with Crippen LogP contribution in [0.4, 0.5) is 0 Å². The molecular weight excluding hydrogens is 376 g/mol. The smallest absolute Gasteiger partial charge is 0.338 e. The zero-order valence-electron chi connectivity index (χ0n) is 15.6. The molecule has 0 unspecified atom stereocenters. The van der Waals surface area contributed by atoms with Crippen LogP contribution in [0.25, 0.3) is 0 Å². The number of cyclic esters (lactones) is 1. The maximum Gasteiger partial charge on any atom is 0.338 e. The fourth-order valence-electron chi connectivity index (χ4n) is 4.50. The van der Waals surface area contributed by atoms with Crippen molar-refractivity contribution in [2.45, 2.75) is 38.1 Å². The van der Waals surface area contributed by atoms with Crippen LogP contribution in [-0.2, 0) is 23.8 Å². The van der Waals surface area contributed by atoms with Crippen LogP contribution in [0.5, 0.6) is 0 Å². The van der Waals surface area contributed by atoms with Gasteiger partial charge in [-0.15, -0.1) is 0 Å². The SMILES string of the molecule is C[C@@]12C[C@@H](CC3=C1[C@@H](OC(=O)c1ccccc1)[C@H](c1ccoc1)OC3=O)OC2=O. The molecule has 3 heterocycles. The maximum atomic E-state index is 12.9. The second kappa shape index (κ2) is 6.34. The summed E-state index contributed by atoms with van der Waals surface area (Å²) in [5.41, 5.74) is 0.711. The van der Waals surface area contributed by atoms with Gasteiger partial charge in [-0.05, 0) is 25.1 Å². The average molecular weight is 394 g/mol. The lowest BCUT2D eigenvalue weighted by Gasteiger charge is -2.40. The summed E-state index contributed by atoms with van der Waals surface area (Å²) in [7, 11) is 0. The van der Waals surface area contributed by atoms with Crippen LogP contribution >= 0.6 is 0 Å². The Bertz CT molecular complexity index is 1020. The Hall–Kier alpha value is -3.35. The molecule has 0 spiro atoms. The molecule has 7 heteroatoms. The van der Waals surface area contributed by atoms with Crippen molar-refractivity contribution in [2.75, 3.05) is 0 Å². The van der Waals surface area contributed by atoms with Crippen molar-refractivity contribution in [3.8, 4) is 0 Å². The summed E-state index contributed by atoms with van der Waals surface area (Å²) >= 11 is 0. The lowest BCUT2D eigenvalue weighted by atomic mass is 9.68. The Morgan fingerprint density at radius 1 is 1.14 bits per heavy atom. The van der Waals surface area contributed by atoms with Gasteiger partial charge in [0.1, 0.15) is 6.10 Å². The van der Waals surface area contributed by atoms with E-state index in [0.29, 0.717) is 28.7 Å². The van der Waals surface area contributed by atoms with Gasteiger partial charge in [-0.1, -0.05) is 18.2 Å². The Balaban J connectivity index is 1.61. The zero-order valence-corrected chi connectivity index (χ0v) is 15.6. The monoisotopic (exact) mass is 394 g/mol. The van der Waals surface area contributed by atoms with E-state index in [9.17, 15) is 14.4 Å². The molecule has 3 aliphatic rings. The van der Waals surface area contributed by atoms with E-state index in [0.717, 1.165) is 0 Å². The minimum Gasteiger partial charge on any atom is -0.472 e. The molecule has 0 saturated carbocycles. The molecule has 1 saturated heterocycles. The first-order chi connectivity index (χ1) is 14.0. The van der Waals surface area contributed by atoms with Gasteiger partial charge in [-0.3, -0.25) is 4.79 Å². The lowest BCUT2D eigenvalue weighted by molar-refractivity contribution is -0.155. The molecule has 0 N–H and O–H groups in total. The van der Waals surface area contributed by atoms with Crippen molar-refractivity contribution in [3.63, 3.8) is 0 Å². The highest BCUT2D eigenvalue weighted by molar-refractivity contribution is 5.97. The molecule has 2 bridgehead atoms. The van der Waals surface area contributed by atoms with Crippen molar-refractivity contribution in [1.29, 1.82) is 0 Å². The van der Waals surface area contributed by atoms with Gasteiger partial charge in [0.15, 0.2) is 12.2 Å². The quantitative estimate of drug-likeness (QED) is 0.583. The summed E-state index contributed by atoms with van der Waals surface area (Å²) in [5.74, 6) is -1.49. The molecule has 2 aliphatic heterocycles. The minimum atomic E-state index is -1.04. The van der Waals surface area contributed by atoms with Gasteiger partial charge >= 0.3 is 17.9 Å². The largest absolute Gasteiger partial charge is 0.472 e. The summed E-state index contributed by atoms with van der Waals surface area (Å²) < 4.78 is 22.1. The van der Waals surface area contributed by atoms with E-state index >= 15 is 0 Å². The van der Waals surface area contributed by atoms with E-state index < -0.39 is 35.5 Å². The van der Waals surface area contributed by atoms with Crippen LogP contribution < -0.4 is 0 Å².